The van der Waals surface area contributed by atoms with Crippen molar-refractivity contribution in [1.82, 2.24) is 4.98 Å². The molecule has 0 radical (unpaired) electrons. The summed E-state index contributed by atoms with van der Waals surface area (Å²) in [4.78, 5) is 33.0. The Morgan fingerprint density at radius 1 is 0.929 bits per heavy atom. The number of Topliss-reactive ketones (excluding diaryl/α,β-unsaturated/α-hetero) is 1. The summed E-state index contributed by atoms with van der Waals surface area (Å²) in [6.07, 6.45) is 0. The number of aliphatic hydroxyl groups excluding tert-OH is 1. The van der Waals surface area contributed by atoms with E-state index in [-0.39, 0.29) is 11.1 Å². The number of rotatable bonds is 8. The number of ether oxygens (including phenoxy) is 2. The number of carbonyl (C=O) groups excluding carboxylic acids is 2. The quantitative estimate of drug-likeness (QED) is 0.120. The van der Waals surface area contributed by atoms with Gasteiger partial charge in [0, 0.05) is 5.56 Å². The Hall–Kier alpha value is -5.02. The third-order valence-corrected chi connectivity index (χ3v) is 7.89. The molecule has 42 heavy (non-hydrogen) atoms. The second-order valence-electron chi connectivity index (χ2n) is 9.58. The largest absolute Gasteiger partial charge is 0.507 e. The Bertz CT molecular complexity index is 1800. The predicted molar refractivity (Wildman–Crippen MR) is 159 cm³/mol. The van der Waals surface area contributed by atoms with Crippen molar-refractivity contribution in [2.75, 3.05) is 11.5 Å². The fourth-order valence-corrected chi connectivity index (χ4v) is 5.87. The highest BCUT2D eigenvalue weighted by atomic mass is 32.1. The van der Waals surface area contributed by atoms with Crippen molar-refractivity contribution in [1.29, 1.82) is 0 Å². The molecule has 6 rings (SSSR count). The second-order valence-corrected chi connectivity index (χ2v) is 10.6. The maximum atomic E-state index is 13.6. The van der Waals surface area contributed by atoms with Crippen LogP contribution in [0.15, 0.2) is 103 Å². The minimum Gasteiger partial charge on any atom is -0.507 e. The van der Waals surface area contributed by atoms with Crippen molar-refractivity contribution in [3.05, 3.63) is 125 Å². The molecule has 1 fully saturated rings. The highest BCUT2D eigenvalue weighted by molar-refractivity contribution is 7.22. The lowest BCUT2D eigenvalue weighted by Crippen LogP contribution is -2.29. The molecule has 1 aromatic heterocycles. The number of hydrogen-bond donors (Lipinski definition) is 1. The van der Waals surface area contributed by atoms with Crippen LogP contribution in [0.4, 0.5) is 9.52 Å². The Balaban J connectivity index is 1.42. The third kappa shape index (κ3) is 5.22. The van der Waals surface area contributed by atoms with E-state index in [1.165, 1.54) is 40.5 Å². The number of amides is 1. The SMILES string of the molecule is CCOc1ccc2nc(N3C(=O)C(=O)C(=C(O)c4ccc(F)cc4)C3c3ccc(OCc4ccccc4)cc3)sc2c1. The lowest BCUT2D eigenvalue weighted by Gasteiger charge is -2.23. The molecule has 0 saturated carbocycles. The zero-order valence-electron chi connectivity index (χ0n) is 22.5. The van der Waals surface area contributed by atoms with E-state index in [0.717, 1.165) is 10.3 Å². The molecule has 1 amide bonds. The van der Waals surface area contributed by atoms with Crippen LogP contribution in [0, 0.1) is 5.82 Å². The van der Waals surface area contributed by atoms with Crippen LogP contribution in [0.5, 0.6) is 11.5 Å². The summed E-state index contributed by atoms with van der Waals surface area (Å²) in [7, 11) is 0. The van der Waals surface area contributed by atoms with Crippen LogP contribution in [0.2, 0.25) is 0 Å². The number of aromatic nitrogens is 1. The van der Waals surface area contributed by atoms with Crippen molar-refractivity contribution < 1.29 is 28.6 Å². The van der Waals surface area contributed by atoms with E-state index < -0.39 is 29.3 Å². The van der Waals surface area contributed by atoms with E-state index in [1.807, 2.05) is 43.3 Å². The summed E-state index contributed by atoms with van der Waals surface area (Å²) in [5.41, 5.74) is 2.32. The average molecular weight is 581 g/mol. The molecule has 1 aliphatic heterocycles. The first kappa shape index (κ1) is 27.2. The van der Waals surface area contributed by atoms with Crippen LogP contribution in [0.25, 0.3) is 16.0 Å². The molecule has 1 atom stereocenters. The molecular formula is C33H25FN2O5S. The number of carbonyl (C=O) groups is 2. The minimum absolute atomic E-state index is 0.112. The molecule has 2 heterocycles. The smallest absolute Gasteiger partial charge is 0.301 e. The van der Waals surface area contributed by atoms with Gasteiger partial charge >= 0.3 is 5.91 Å². The lowest BCUT2D eigenvalue weighted by molar-refractivity contribution is -0.132. The molecule has 1 N–H and O–H groups in total. The fourth-order valence-electron chi connectivity index (χ4n) is 4.85. The maximum Gasteiger partial charge on any atom is 0.301 e. The van der Waals surface area contributed by atoms with Crippen LogP contribution >= 0.6 is 11.3 Å². The molecule has 9 heteroatoms. The number of benzene rings is 4. The van der Waals surface area contributed by atoms with Gasteiger partial charge in [-0.25, -0.2) is 9.37 Å². The van der Waals surface area contributed by atoms with Gasteiger partial charge in [0.05, 0.1) is 28.4 Å². The number of fused-ring (bicyclic) bond motifs is 1. The second kappa shape index (κ2) is 11.5. The molecule has 0 spiro atoms. The van der Waals surface area contributed by atoms with Gasteiger partial charge in [-0.1, -0.05) is 53.8 Å². The molecule has 1 unspecified atom stereocenters. The van der Waals surface area contributed by atoms with E-state index in [1.54, 1.807) is 36.4 Å². The number of nitrogens with zero attached hydrogens (tertiary/aromatic N) is 2. The number of halogens is 1. The van der Waals surface area contributed by atoms with Gasteiger partial charge in [-0.2, -0.15) is 0 Å². The van der Waals surface area contributed by atoms with Gasteiger partial charge in [0.1, 0.15) is 29.7 Å². The van der Waals surface area contributed by atoms with Crippen molar-refractivity contribution in [2.45, 2.75) is 19.6 Å². The molecular weight excluding hydrogens is 555 g/mol. The summed E-state index contributed by atoms with van der Waals surface area (Å²) in [5, 5.41) is 11.6. The molecule has 210 valence electrons. The van der Waals surface area contributed by atoms with Crippen molar-refractivity contribution in [2.24, 2.45) is 0 Å². The Morgan fingerprint density at radius 3 is 2.36 bits per heavy atom. The molecule has 5 aromatic rings. The number of anilines is 1. The molecule has 7 nitrogen and oxygen atoms in total. The summed E-state index contributed by atoms with van der Waals surface area (Å²) in [5.74, 6) is -1.30. The van der Waals surface area contributed by atoms with Crippen LogP contribution in [-0.4, -0.2) is 28.4 Å². The average Bonchev–Trinajstić information content (AvgIpc) is 3.54. The van der Waals surface area contributed by atoms with E-state index in [4.69, 9.17) is 9.47 Å². The number of aliphatic hydroxyl groups is 1. The van der Waals surface area contributed by atoms with Gasteiger partial charge in [0.15, 0.2) is 5.13 Å². The van der Waals surface area contributed by atoms with Gasteiger partial charge in [-0.05, 0) is 72.6 Å². The first-order valence-electron chi connectivity index (χ1n) is 13.3. The third-order valence-electron chi connectivity index (χ3n) is 6.87. The number of hydrogen-bond acceptors (Lipinski definition) is 7. The topological polar surface area (TPSA) is 89.0 Å². The lowest BCUT2D eigenvalue weighted by atomic mass is 9.95. The van der Waals surface area contributed by atoms with Gasteiger partial charge in [-0.15, -0.1) is 0 Å². The summed E-state index contributed by atoms with van der Waals surface area (Å²) in [6, 6.07) is 26.3. The van der Waals surface area contributed by atoms with Gasteiger partial charge in [-0.3, -0.25) is 14.5 Å². The minimum atomic E-state index is -0.981. The van der Waals surface area contributed by atoms with E-state index in [2.05, 4.69) is 4.98 Å². The van der Waals surface area contributed by atoms with Gasteiger partial charge < -0.3 is 14.6 Å². The van der Waals surface area contributed by atoms with E-state index in [0.29, 0.717) is 40.9 Å². The molecule has 4 aromatic carbocycles. The van der Waals surface area contributed by atoms with Crippen molar-refractivity contribution in [3.8, 4) is 11.5 Å². The molecule has 1 aliphatic rings. The normalized spacial score (nSPS) is 16.2. The van der Waals surface area contributed by atoms with Crippen LogP contribution in [0.3, 0.4) is 0 Å². The number of ketones is 1. The van der Waals surface area contributed by atoms with E-state index >= 15 is 0 Å². The molecule has 0 aliphatic carbocycles. The summed E-state index contributed by atoms with van der Waals surface area (Å²) < 4.78 is 25.9. The summed E-state index contributed by atoms with van der Waals surface area (Å²) >= 11 is 1.24. The standard InChI is InChI=1S/C33H25FN2O5S/c1-2-40-25-16-17-26-27(18-25)42-33(35-26)36-29(21-10-14-24(15-11-21)41-19-20-6-4-3-5-7-20)28(31(38)32(36)39)30(37)22-8-12-23(34)13-9-22/h3-18,29,37H,2,19H2,1H3. The maximum absolute atomic E-state index is 13.6. The molecule has 0 bridgehead atoms. The zero-order valence-corrected chi connectivity index (χ0v) is 23.3. The van der Waals surface area contributed by atoms with E-state index in [9.17, 15) is 19.1 Å². The zero-order chi connectivity index (χ0) is 29.2. The first-order chi connectivity index (χ1) is 20.4. The van der Waals surface area contributed by atoms with Gasteiger partial charge in [0.25, 0.3) is 5.78 Å². The number of thiazole rings is 1. The monoisotopic (exact) mass is 580 g/mol. The first-order valence-corrected chi connectivity index (χ1v) is 14.1. The summed E-state index contributed by atoms with van der Waals surface area (Å²) in [6.45, 7) is 2.76. The Morgan fingerprint density at radius 2 is 1.64 bits per heavy atom. The Kier molecular flexibility index (Phi) is 7.41. The Labute approximate surface area is 245 Å². The predicted octanol–water partition coefficient (Wildman–Crippen LogP) is 7.04. The van der Waals surface area contributed by atoms with Crippen LogP contribution < -0.4 is 14.4 Å². The van der Waals surface area contributed by atoms with Gasteiger partial charge in [0.2, 0.25) is 0 Å². The highest BCUT2D eigenvalue weighted by Crippen LogP contribution is 2.45. The van der Waals surface area contributed by atoms with Crippen molar-refractivity contribution in [3.63, 3.8) is 0 Å². The van der Waals surface area contributed by atoms with Crippen LogP contribution in [0.1, 0.15) is 29.7 Å². The fraction of sp³-hybridized carbons (Fsp3) is 0.121. The highest BCUT2D eigenvalue weighted by Gasteiger charge is 2.48. The van der Waals surface area contributed by atoms with Crippen LogP contribution in [-0.2, 0) is 16.2 Å². The molecule has 1 saturated heterocycles. The van der Waals surface area contributed by atoms with Crippen molar-refractivity contribution >= 4 is 44.1 Å².